The number of rotatable bonds is 5. The van der Waals surface area contributed by atoms with E-state index in [1.807, 2.05) is 4.90 Å². The molecule has 1 unspecified atom stereocenters. The Bertz CT molecular complexity index is 512. The Morgan fingerprint density at radius 3 is 2.77 bits per heavy atom. The lowest BCUT2D eigenvalue weighted by Gasteiger charge is -2.36. The first-order valence-corrected chi connectivity index (χ1v) is 8.50. The standard InChI is InChI=1S/C18H26N2O2/c21-13-12-20(14-18(22)19-10-3-4-11-19)17-9-5-7-15-6-1-2-8-16(15)17/h1-2,6,8,17,21H,3-5,7,9-14H2. The number of hydrogen-bond donors (Lipinski definition) is 1. The summed E-state index contributed by atoms with van der Waals surface area (Å²) < 4.78 is 0. The summed E-state index contributed by atoms with van der Waals surface area (Å²) >= 11 is 0. The topological polar surface area (TPSA) is 43.8 Å². The van der Waals surface area contributed by atoms with E-state index < -0.39 is 0 Å². The molecule has 4 nitrogen and oxygen atoms in total. The highest BCUT2D eigenvalue weighted by atomic mass is 16.3. The van der Waals surface area contributed by atoms with Crippen LogP contribution in [0.4, 0.5) is 0 Å². The van der Waals surface area contributed by atoms with E-state index in [9.17, 15) is 9.90 Å². The van der Waals surface area contributed by atoms with Gasteiger partial charge in [-0.25, -0.2) is 0 Å². The lowest BCUT2D eigenvalue weighted by molar-refractivity contribution is -0.132. The number of carbonyl (C=O) groups is 1. The molecule has 1 aromatic rings. The zero-order valence-corrected chi connectivity index (χ0v) is 13.2. The Labute approximate surface area is 132 Å². The van der Waals surface area contributed by atoms with Crippen LogP contribution in [0.2, 0.25) is 0 Å². The Morgan fingerprint density at radius 2 is 2.00 bits per heavy atom. The van der Waals surface area contributed by atoms with Crippen molar-refractivity contribution in [3.63, 3.8) is 0 Å². The van der Waals surface area contributed by atoms with Crippen molar-refractivity contribution >= 4 is 5.91 Å². The van der Waals surface area contributed by atoms with Gasteiger partial charge >= 0.3 is 0 Å². The van der Waals surface area contributed by atoms with Gasteiger partial charge in [-0.1, -0.05) is 24.3 Å². The van der Waals surface area contributed by atoms with E-state index >= 15 is 0 Å². The summed E-state index contributed by atoms with van der Waals surface area (Å²) in [6.45, 7) is 2.89. The van der Waals surface area contributed by atoms with Crippen LogP contribution in [0, 0.1) is 0 Å². The summed E-state index contributed by atoms with van der Waals surface area (Å²) in [5.74, 6) is 0.217. The number of aryl methyl sites for hydroxylation is 1. The molecule has 1 aliphatic heterocycles. The third-order valence-electron chi connectivity index (χ3n) is 4.96. The second kappa shape index (κ2) is 7.25. The maximum Gasteiger partial charge on any atom is 0.236 e. The number of amides is 1. The summed E-state index contributed by atoms with van der Waals surface area (Å²) in [6, 6.07) is 8.82. The van der Waals surface area contributed by atoms with Crippen LogP contribution >= 0.6 is 0 Å². The van der Waals surface area contributed by atoms with Crippen molar-refractivity contribution in [2.45, 2.75) is 38.1 Å². The van der Waals surface area contributed by atoms with Gasteiger partial charge in [-0.2, -0.15) is 0 Å². The van der Waals surface area contributed by atoms with Gasteiger partial charge in [0.25, 0.3) is 0 Å². The van der Waals surface area contributed by atoms with E-state index in [2.05, 4.69) is 29.2 Å². The van der Waals surface area contributed by atoms with Crippen LogP contribution in [0.25, 0.3) is 0 Å². The van der Waals surface area contributed by atoms with E-state index in [4.69, 9.17) is 0 Å². The molecule has 1 fully saturated rings. The highest BCUT2D eigenvalue weighted by molar-refractivity contribution is 5.78. The molecule has 4 heteroatoms. The summed E-state index contributed by atoms with van der Waals surface area (Å²) in [5.41, 5.74) is 2.74. The van der Waals surface area contributed by atoms with Crippen LogP contribution in [0.5, 0.6) is 0 Å². The third-order valence-corrected chi connectivity index (χ3v) is 4.96. The lowest BCUT2D eigenvalue weighted by Crippen LogP contribution is -2.42. The fourth-order valence-electron chi connectivity index (χ4n) is 3.82. The van der Waals surface area contributed by atoms with Crippen LogP contribution < -0.4 is 0 Å². The molecule has 1 aliphatic carbocycles. The molecule has 22 heavy (non-hydrogen) atoms. The van der Waals surface area contributed by atoms with E-state index in [0.717, 1.165) is 45.2 Å². The number of nitrogens with zero attached hydrogens (tertiary/aromatic N) is 2. The minimum absolute atomic E-state index is 0.103. The fraction of sp³-hybridized carbons (Fsp3) is 0.611. The molecule has 3 rings (SSSR count). The summed E-state index contributed by atoms with van der Waals surface area (Å²) in [4.78, 5) is 16.6. The average molecular weight is 302 g/mol. The normalized spacial score (nSPS) is 21.2. The quantitative estimate of drug-likeness (QED) is 0.904. The van der Waals surface area contributed by atoms with Crippen molar-refractivity contribution in [1.82, 2.24) is 9.80 Å². The summed E-state index contributed by atoms with van der Waals surface area (Å²) in [6.07, 6.45) is 5.60. The molecular formula is C18H26N2O2. The van der Waals surface area contributed by atoms with Gasteiger partial charge in [0.1, 0.15) is 0 Å². The van der Waals surface area contributed by atoms with Crippen molar-refractivity contribution in [2.24, 2.45) is 0 Å². The van der Waals surface area contributed by atoms with E-state index in [-0.39, 0.29) is 18.6 Å². The molecular weight excluding hydrogens is 276 g/mol. The Kier molecular flexibility index (Phi) is 5.11. The number of aliphatic hydroxyl groups excluding tert-OH is 1. The second-order valence-corrected chi connectivity index (χ2v) is 6.39. The largest absolute Gasteiger partial charge is 0.395 e. The number of fused-ring (bicyclic) bond motifs is 1. The molecule has 1 heterocycles. The average Bonchev–Trinajstić information content (AvgIpc) is 3.08. The molecule has 1 aromatic carbocycles. The molecule has 0 bridgehead atoms. The Morgan fingerprint density at radius 1 is 1.23 bits per heavy atom. The molecule has 0 radical (unpaired) electrons. The minimum atomic E-state index is 0.103. The fourth-order valence-corrected chi connectivity index (χ4v) is 3.82. The van der Waals surface area contributed by atoms with E-state index in [0.29, 0.717) is 13.1 Å². The molecule has 120 valence electrons. The highest BCUT2D eigenvalue weighted by Crippen LogP contribution is 2.34. The van der Waals surface area contributed by atoms with Crippen LogP contribution in [0.1, 0.15) is 42.9 Å². The van der Waals surface area contributed by atoms with Gasteiger partial charge in [-0.15, -0.1) is 0 Å². The van der Waals surface area contributed by atoms with Gasteiger partial charge in [0.2, 0.25) is 5.91 Å². The number of benzene rings is 1. The van der Waals surface area contributed by atoms with Crippen LogP contribution in [-0.4, -0.2) is 53.6 Å². The molecule has 0 aromatic heterocycles. The molecule has 1 saturated heterocycles. The van der Waals surface area contributed by atoms with E-state index in [1.54, 1.807) is 0 Å². The van der Waals surface area contributed by atoms with Gasteiger partial charge in [0, 0.05) is 25.7 Å². The lowest BCUT2D eigenvalue weighted by atomic mass is 9.86. The van der Waals surface area contributed by atoms with Crippen molar-refractivity contribution in [2.75, 3.05) is 32.8 Å². The monoisotopic (exact) mass is 302 g/mol. The van der Waals surface area contributed by atoms with Gasteiger partial charge in [0.05, 0.1) is 13.2 Å². The second-order valence-electron chi connectivity index (χ2n) is 6.39. The summed E-state index contributed by atoms with van der Waals surface area (Å²) in [7, 11) is 0. The predicted octanol–water partition coefficient (Wildman–Crippen LogP) is 1.98. The molecule has 1 atom stereocenters. The van der Waals surface area contributed by atoms with Crippen LogP contribution in [-0.2, 0) is 11.2 Å². The minimum Gasteiger partial charge on any atom is -0.395 e. The predicted molar refractivity (Wildman–Crippen MR) is 86.6 cm³/mol. The molecule has 0 spiro atoms. The van der Waals surface area contributed by atoms with Gasteiger partial charge in [-0.05, 0) is 43.2 Å². The SMILES string of the molecule is O=C(CN(CCO)C1CCCc2ccccc21)N1CCCC1. The van der Waals surface area contributed by atoms with E-state index in [1.165, 1.54) is 11.1 Å². The van der Waals surface area contributed by atoms with Gasteiger partial charge < -0.3 is 10.0 Å². The summed E-state index contributed by atoms with van der Waals surface area (Å²) in [5, 5.41) is 9.43. The Balaban J connectivity index is 1.75. The van der Waals surface area contributed by atoms with Crippen molar-refractivity contribution < 1.29 is 9.90 Å². The smallest absolute Gasteiger partial charge is 0.236 e. The van der Waals surface area contributed by atoms with Crippen LogP contribution in [0.15, 0.2) is 24.3 Å². The molecule has 0 saturated carbocycles. The molecule has 2 aliphatic rings. The highest BCUT2D eigenvalue weighted by Gasteiger charge is 2.28. The maximum atomic E-state index is 12.5. The first kappa shape index (κ1) is 15.5. The van der Waals surface area contributed by atoms with Gasteiger partial charge in [-0.3, -0.25) is 9.69 Å². The number of carbonyl (C=O) groups excluding carboxylic acids is 1. The molecule has 1 N–H and O–H groups in total. The maximum absolute atomic E-state index is 12.5. The Hall–Kier alpha value is -1.39. The van der Waals surface area contributed by atoms with Gasteiger partial charge in [0.15, 0.2) is 0 Å². The van der Waals surface area contributed by atoms with Crippen molar-refractivity contribution in [1.29, 1.82) is 0 Å². The number of hydrogen-bond acceptors (Lipinski definition) is 3. The third kappa shape index (κ3) is 3.33. The molecule has 1 amide bonds. The van der Waals surface area contributed by atoms with Crippen molar-refractivity contribution in [3.05, 3.63) is 35.4 Å². The van der Waals surface area contributed by atoms with Crippen molar-refractivity contribution in [3.8, 4) is 0 Å². The number of likely N-dealkylation sites (tertiary alicyclic amines) is 1. The zero-order chi connectivity index (χ0) is 15.4. The first-order chi connectivity index (χ1) is 10.8. The van der Waals surface area contributed by atoms with Crippen LogP contribution in [0.3, 0.4) is 0 Å². The first-order valence-electron chi connectivity index (χ1n) is 8.50. The zero-order valence-electron chi connectivity index (χ0n) is 13.2. The number of aliphatic hydroxyl groups is 1.